The zero-order valence-corrected chi connectivity index (χ0v) is 10.8. The lowest BCUT2D eigenvalue weighted by Gasteiger charge is -2.16. The van der Waals surface area contributed by atoms with E-state index in [9.17, 15) is 14.3 Å². The fraction of sp³-hybridized carbons (Fsp3) is 0.455. The summed E-state index contributed by atoms with van der Waals surface area (Å²) in [4.78, 5) is 18.0. The van der Waals surface area contributed by atoms with Crippen LogP contribution in [0.2, 0.25) is 5.02 Å². The molecule has 0 spiro atoms. The van der Waals surface area contributed by atoms with Crippen molar-refractivity contribution in [3.8, 4) is 0 Å². The Labute approximate surface area is 116 Å². The van der Waals surface area contributed by atoms with Crippen LogP contribution < -0.4 is 5.56 Å². The highest BCUT2D eigenvalue weighted by Crippen LogP contribution is 2.34. The SMILES string of the molecule is O=c1[nH]cnc2c1c(Cl)cn2[C@@H]1O[C@H](CO)[C@@H](F)[C@H]1O. The van der Waals surface area contributed by atoms with Gasteiger partial charge in [0.15, 0.2) is 18.0 Å². The molecule has 0 aromatic carbocycles. The molecule has 0 radical (unpaired) electrons. The Bertz CT molecular complexity index is 703. The Balaban J connectivity index is 2.12. The van der Waals surface area contributed by atoms with Gasteiger partial charge in [0, 0.05) is 6.20 Å². The van der Waals surface area contributed by atoms with E-state index in [4.69, 9.17) is 21.4 Å². The first-order valence-corrected chi connectivity index (χ1v) is 6.24. The molecular weight excluding hydrogens is 293 g/mol. The van der Waals surface area contributed by atoms with Crippen LogP contribution in [-0.2, 0) is 4.74 Å². The first-order chi connectivity index (χ1) is 9.54. The van der Waals surface area contributed by atoms with E-state index >= 15 is 0 Å². The monoisotopic (exact) mass is 303 g/mol. The minimum atomic E-state index is -1.73. The third-order valence-corrected chi connectivity index (χ3v) is 3.60. The fourth-order valence-corrected chi connectivity index (χ4v) is 2.60. The molecule has 20 heavy (non-hydrogen) atoms. The largest absolute Gasteiger partial charge is 0.394 e. The Morgan fingerprint density at radius 3 is 3.00 bits per heavy atom. The van der Waals surface area contributed by atoms with Gasteiger partial charge < -0.3 is 24.5 Å². The molecule has 9 heteroatoms. The van der Waals surface area contributed by atoms with Gasteiger partial charge in [-0.3, -0.25) is 4.79 Å². The molecule has 1 aliphatic rings. The average molecular weight is 304 g/mol. The average Bonchev–Trinajstić information content (AvgIpc) is 2.90. The van der Waals surface area contributed by atoms with Crippen LogP contribution in [-0.4, -0.2) is 49.7 Å². The standard InChI is InChI=1S/C11H11ClFN3O4/c12-4-1-16(9-6(4)10(19)15-3-14-9)11-8(18)7(13)5(2-17)20-11/h1,3,5,7-8,11,17-18H,2H2,(H,14,15,19)/t5-,7-,8-,11-/m1/s1. The first-order valence-electron chi connectivity index (χ1n) is 5.86. The summed E-state index contributed by atoms with van der Waals surface area (Å²) in [5, 5.41) is 19.1. The van der Waals surface area contributed by atoms with Crippen molar-refractivity contribution in [1.29, 1.82) is 0 Å². The molecule has 3 heterocycles. The summed E-state index contributed by atoms with van der Waals surface area (Å²) in [5.74, 6) is 0. The van der Waals surface area contributed by atoms with Crippen LogP contribution in [0, 0.1) is 0 Å². The number of aliphatic hydroxyl groups is 2. The molecule has 0 amide bonds. The van der Waals surface area contributed by atoms with Crippen LogP contribution >= 0.6 is 11.6 Å². The van der Waals surface area contributed by atoms with E-state index in [1.807, 2.05) is 0 Å². The number of fused-ring (bicyclic) bond motifs is 1. The van der Waals surface area contributed by atoms with E-state index in [0.717, 1.165) is 0 Å². The highest BCUT2D eigenvalue weighted by atomic mass is 35.5. The Kier molecular flexibility index (Phi) is 3.25. The molecule has 3 N–H and O–H groups in total. The molecule has 0 aliphatic carbocycles. The second kappa shape index (κ2) is 4.81. The van der Waals surface area contributed by atoms with Crippen molar-refractivity contribution in [3.05, 3.63) is 27.9 Å². The summed E-state index contributed by atoms with van der Waals surface area (Å²) in [7, 11) is 0. The van der Waals surface area contributed by atoms with Crippen LogP contribution in [0.5, 0.6) is 0 Å². The number of alkyl halides is 1. The minimum absolute atomic E-state index is 0.119. The van der Waals surface area contributed by atoms with Gasteiger partial charge >= 0.3 is 0 Å². The summed E-state index contributed by atoms with van der Waals surface area (Å²) >= 11 is 5.95. The number of hydrogen-bond donors (Lipinski definition) is 3. The Hall–Kier alpha value is -1.48. The second-order valence-electron chi connectivity index (χ2n) is 4.50. The topological polar surface area (TPSA) is 100 Å². The van der Waals surface area contributed by atoms with Crippen molar-refractivity contribution >= 4 is 22.6 Å². The maximum absolute atomic E-state index is 13.7. The fourth-order valence-electron chi connectivity index (χ4n) is 2.33. The highest BCUT2D eigenvalue weighted by Gasteiger charge is 2.45. The molecule has 7 nitrogen and oxygen atoms in total. The molecule has 4 atom stereocenters. The van der Waals surface area contributed by atoms with E-state index in [0.29, 0.717) is 0 Å². The molecular formula is C11H11ClFN3O4. The van der Waals surface area contributed by atoms with Gasteiger partial charge in [-0.1, -0.05) is 11.6 Å². The van der Waals surface area contributed by atoms with Gasteiger partial charge in [-0.25, -0.2) is 9.37 Å². The lowest BCUT2D eigenvalue weighted by atomic mass is 10.1. The molecule has 1 aliphatic heterocycles. The summed E-state index contributed by atoms with van der Waals surface area (Å²) in [6.45, 7) is -0.560. The van der Waals surface area contributed by atoms with Crippen LogP contribution in [0.1, 0.15) is 6.23 Å². The summed E-state index contributed by atoms with van der Waals surface area (Å²) < 4.78 is 20.3. The van der Waals surface area contributed by atoms with E-state index < -0.39 is 36.8 Å². The molecule has 2 aromatic rings. The Morgan fingerprint density at radius 1 is 1.60 bits per heavy atom. The number of ether oxygens (including phenoxy) is 1. The van der Waals surface area contributed by atoms with Crippen molar-refractivity contribution in [3.63, 3.8) is 0 Å². The maximum atomic E-state index is 13.7. The highest BCUT2D eigenvalue weighted by molar-refractivity contribution is 6.35. The van der Waals surface area contributed by atoms with E-state index in [2.05, 4.69) is 9.97 Å². The first kappa shape index (κ1) is 13.5. The number of hydrogen-bond acceptors (Lipinski definition) is 5. The molecule has 1 saturated heterocycles. The van der Waals surface area contributed by atoms with Crippen LogP contribution in [0.15, 0.2) is 17.3 Å². The molecule has 2 aromatic heterocycles. The van der Waals surface area contributed by atoms with Gasteiger partial charge in [0.1, 0.15) is 17.6 Å². The van der Waals surface area contributed by atoms with Crippen LogP contribution in [0.4, 0.5) is 4.39 Å². The van der Waals surface area contributed by atoms with Crippen molar-refractivity contribution in [1.82, 2.24) is 14.5 Å². The minimum Gasteiger partial charge on any atom is -0.394 e. The van der Waals surface area contributed by atoms with Crippen molar-refractivity contribution in [2.24, 2.45) is 0 Å². The lowest BCUT2D eigenvalue weighted by Crippen LogP contribution is -2.29. The third-order valence-electron chi connectivity index (χ3n) is 3.31. The summed E-state index contributed by atoms with van der Waals surface area (Å²) in [5.41, 5.74) is -0.268. The quantitative estimate of drug-likeness (QED) is 0.723. The zero-order valence-electron chi connectivity index (χ0n) is 10.0. The normalized spacial score (nSPS) is 30.2. The lowest BCUT2D eigenvalue weighted by molar-refractivity contribution is -0.0492. The van der Waals surface area contributed by atoms with Crippen molar-refractivity contribution in [2.75, 3.05) is 6.61 Å². The van der Waals surface area contributed by atoms with Gasteiger partial charge in [0.05, 0.1) is 18.0 Å². The molecule has 0 unspecified atom stereocenters. The molecule has 0 saturated carbocycles. The second-order valence-corrected chi connectivity index (χ2v) is 4.90. The number of aromatic amines is 1. The van der Waals surface area contributed by atoms with Crippen LogP contribution in [0.25, 0.3) is 11.0 Å². The van der Waals surface area contributed by atoms with Crippen molar-refractivity contribution < 1.29 is 19.3 Å². The van der Waals surface area contributed by atoms with E-state index in [-0.39, 0.29) is 16.1 Å². The number of nitrogens with zero attached hydrogens (tertiary/aromatic N) is 2. The number of H-pyrrole nitrogens is 1. The number of aliphatic hydroxyl groups excluding tert-OH is 2. The smallest absolute Gasteiger partial charge is 0.261 e. The van der Waals surface area contributed by atoms with Gasteiger partial charge in [0.25, 0.3) is 5.56 Å². The van der Waals surface area contributed by atoms with Gasteiger partial charge in [-0.05, 0) is 0 Å². The molecule has 3 rings (SSSR count). The third kappa shape index (κ3) is 1.84. The van der Waals surface area contributed by atoms with E-state index in [1.165, 1.54) is 17.1 Å². The summed E-state index contributed by atoms with van der Waals surface area (Å²) in [6, 6.07) is 0. The number of aromatic nitrogens is 3. The number of halogens is 2. The number of nitrogens with one attached hydrogen (secondary N) is 1. The summed E-state index contributed by atoms with van der Waals surface area (Å²) in [6.07, 6.45) is -2.94. The molecule has 1 fully saturated rings. The predicted octanol–water partition coefficient (Wildman–Crippen LogP) is -0.0333. The van der Waals surface area contributed by atoms with Gasteiger partial charge in [-0.15, -0.1) is 0 Å². The van der Waals surface area contributed by atoms with Gasteiger partial charge in [-0.2, -0.15) is 0 Å². The zero-order chi connectivity index (χ0) is 14.4. The maximum Gasteiger partial charge on any atom is 0.261 e. The predicted molar refractivity (Wildman–Crippen MR) is 67.3 cm³/mol. The Morgan fingerprint density at radius 2 is 2.35 bits per heavy atom. The van der Waals surface area contributed by atoms with Crippen molar-refractivity contribution in [2.45, 2.75) is 24.6 Å². The molecule has 0 bridgehead atoms. The van der Waals surface area contributed by atoms with E-state index in [1.54, 1.807) is 0 Å². The van der Waals surface area contributed by atoms with Gasteiger partial charge in [0.2, 0.25) is 0 Å². The number of rotatable bonds is 2. The van der Waals surface area contributed by atoms with Crippen LogP contribution in [0.3, 0.4) is 0 Å². The molecule has 108 valence electrons.